The minimum absolute atomic E-state index is 0.604. The molecule has 0 saturated carbocycles. The Morgan fingerprint density at radius 3 is 1.48 bits per heavy atom. The standard InChI is InChI=1S/C57H35N3OS/c1-3-13-36(14-4-1)40-17-11-19-43(33-40)56-58-55(59-57(60-56)44-20-12-18-41(34-44)37-15-5-2-6-16-37)39-27-25-38(26-28-39)46-31-30-45(53-48-22-7-9-23-50(48)61-54(46)53)42-29-32-52-49(35-42)47-21-8-10-24-51(47)62-52/h1-35H. The normalized spacial score (nSPS) is 11.5. The van der Waals surface area contributed by atoms with Crippen LogP contribution in [0.1, 0.15) is 0 Å². The third-order valence-corrected chi connectivity index (χ3v) is 12.9. The number of aromatic nitrogens is 3. The molecule has 0 amide bonds. The van der Waals surface area contributed by atoms with Gasteiger partial charge in [-0.05, 0) is 81.4 Å². The van der Waals surface area contributed by atoms with Gasteiger partial charge in [-0.15, -0.1) is 11.3 Å². The van der Waals surface area contributed by atoms with E-state index in [-0.39, 0.29) is 0 Å². The number of hydrogen-bond acceptors (Lipinski definition) is 5. The Hall–Kier alpha value is -7.99. The van der Waals surface area contributed by atoms with Gasteiger partial charge in [0.15, 0.2) is 17.5 Å². The fraction of sp³-hybridized carbons (Fsp3) is 0. The average Bonchev–Trinajstić information content (AvgIpc) is 3.93. The van der Waals surface area contributed by atoms with Crippen LogP contribution in [0.5, 0.6) is 0 Å². The Morgan fingerprint density at radius 2 is 0.806 bits per heavy atom. The molecule has 0 fully saturated rings. The van der Waals surface area contributed by atoms with Crippen LogP contribution in [0, 0.1) is 0 Å². The molecule has 0 N–H and O–H groups in total. The number of rotatable bonds is 7. The van der Waals surface area contributed by atoms with Crippen LogP contribution in [0.25, 0.3) is 121 Å². The van der Waals surface area contributed by atoms with Crippen molar-refractivity contribution in [1.82, 2.24) is 15.0 Å². The van der Waals surface area contributed by atoms with Crippen LogP contribution in [-0.2, 0) is 0 Å². The van der Waals surface area contributed by atoms with Crippen LogP contribution < -0.4 is 0 Å². The molecule has 0 atom stereocenters. The third-order valence-electron chi connectivity index (χ3n) is 11.8. The van der Waals surface area contributed by atoms with Gasteiger partial charge in [0, 0.05) is 53.2 Å². The molecule has 12 rings (SSSR count). The predicted molar refractivity (Wildman–Crippen MR) is 258 cm³/mol. The minimum atomic E-state index is 0.604. The molecule has 0 aliphatic rings. The maximum absolute atomic E-state index is 6.74. The van der Waals surface area contributed by atoms with Crippen molar-refractivity contribution < 1.29 is 4.42 Å². The number of hydrogen-bond donors (Lipinski definition) is 0. The molecule has 9 aromatic carbocycles. The Kier molecular flexibility index (Phi) is 8.65. The van der Waals surface area contributed by atoms with Crippen molar-refractivity contribution in [1.29, 1.82) is 0 Å². The van der Waals surface area contributed by atoms with Gasteiger partial charge in [0.1, 0.15) is 11.2 Å². The van der Waals surface area contributed by atoms with E-state index in [9.17, 15) is 0 Å². The molecular formula is C57H35N3OS. The molecule has 0 saturated heterocycles. The zero-order valence-corrected chi connectivity index (χ0v) is 34.2. The summed E-state index contributed by atoms with van der Waals surface area (Å²) < 4.78 is 9.33. The van der Waals surface area contributed by atoms with Crippen LogP contribution in [0.2, 0.25) is 0 Å². The van der Waals surface area contributed by atoms with E-state index < -0.39 is 0 Å². The second-order valence-corrected chi connectivity index (χ2v) is 16.6. The molecule has 0 bridgehead atoms. The second-order valence-electron chi connectivity index (χ2n) is 15.5. The van der Waals surface area contributed by atoms with Crippen LogP contribution >= 0.6 is 11.3 Å². The average molecular weight is 810 g/mol. The predicted octanol–water partition coefficient (Wildman–Crippen LogP) is 15.8. The van der Waals surface area contributed by atoms with Gasteiger partial charge in [0.25, 0.3) is 0 Å². The first-order valence-corrected chi connectivity index (χ1v) is 21.6. The Labute approximate surface area is 362 Å². The molecule has 12 aromatic rings. The maximum atomic E-state index is 6.74. The van der Waals surface area contributed by atoms with Crippen molar-refractivity contribution in [2.75, 3.05) is 0 Å². The molecule has 0 aliphatic carbocycles. The number of thiophene rings is 1. The number of para-hydroxylation sites is 1. The smallest absolute Gasteiger partial charge is 0.164 e. The van der Waals surface area contributed by atoms with Crippen LogP contribution in [0.3, 0.4) is 0 Å². The van der Waals surface area contributed by atoms with E-state index in [4.69, 9.17) is 19.4 Å². The zero-order valence-electron chi connectivity index (χ0n) is 33.4. The molecule has 0 radical (unpaired) electrons. The summed E-state index contributed by atoms with van der Waals surface area (Å²) in [6.45, 7) is 0. The van der Waals surface area contributed by atoms with Gasteiger partial charge in [0.2, 0.25) is 0 Å². The van der Waals surface area contributed by atoms with Crippen molar-refractivity contribution in [3.05, 3.63) is 212 Å². The van der Waals surface area contributed by atoms with E-state index >= 15 is 0 Å². The molecule has 62 heavy (non-hydrogen) atoms. The number of furan rings is 1. The van der Waals surface area contributed by atoms with Gasteiger partial charge in [-0.25, -0.2) is 15.0 Å². The first-order chi connectivity index (χ1) is 30.7. The first-order valence-electron chi connectivity index (χ1n) is 20.7. The van der Waals surface area contributed by atoms with Gasteiger partial charge in [0.05, 0.1) is 0 Å². The van der Waals surface area contributed by atoms with Crippen LogP contribution in [0.15, 0.2) is 217 Å². The quantitative estimate of drug-likeness (QED) is 0.161. The molecular weight excluding hydrogens is 775 g/mol. The Balaban J connectivity index is 0.971. The molecule has 4 nitrogen and oxygen atoms in total. The van der Waals surface area contributed by atoms with Crippen LogP contribution in [0.4, 0.5) is 0 Å². The molecule has 0 spiro atoms. The zero-order chi connectivity index (χ0) is 41.0. The summed E-state index contributed by atoms with van der Waals surface area (Å²) in [7, 11) is 0. The highest BCUT2D eigenvalue weighted by Gasteiger charge is 2.19. The van der Waals surface area contributed by atoms with Crippen molar-refractivity contribution in [3.8, 4) is 78.7 Å². The lowest BCUT2D eigenvalue weighted by Gasteiger charge is -2.11. The molecule has 3 heterocycles. The SMILES string of the molecule is c1ccc(-c2cccc(-c3nc(-c4ccc(-c5ccc(-c6ccc7sc8ccccc8c7c6)c6c5oc5ccccc56)cc4)nc(-c4cccc(-c5ccccc5)c4)n3)c2)cc1. The molecule has 0 aliphatic heterocycles. The van der Waals surface area contributed by atoms with Crippen molar-refractivity contribution >= 4 is 53.4 Å². The van der Waals surface area contributed by atoms with Crippen molar-refractivity contribution in [3.63, 3.8) is 0 Å². The molecule has 0 unspecified atom stereocenters. The summed E-state index contributed by atoms with van der Waals surface area (Å²) in [6.07, 6.45) is 0. The summed E-state index contributed by atoms with van der Waals surface area (Å²) in [6, 6.07) is 74.5. The van der Waals surface area contributed by atoms with E-state index in [1.165, 1.54) is 25.7 Å². The highest BCUT2D eigenvalue weighted by molar-refractivity contribution is 7.25. The van der Waals surface area contributed by atoms with E-state index in [0.717, 1.165) is 77.6 Å². The lowest BCUT2D eigenvalue weighted by molar-refractivity contribution is 0.670. The lowest BCUT2D eigenvalue weighted by atomic mass is 9.93. The molecule has 3 aromatic heterocycles. The van der Waals surface area contributed by atoms with Gasteiger partial charge in [-0.3, -0.25) is 0 Å². The van der Waals surface area contributed by atoms with Gasteiger partial charge in [-0.2, -0.15) is 0 Å². The summed E-state index contributed by atoms with van der Waals surface area (Å²) in [4.78, 5) is 15.4. The topological polar surface area (TPSA) is 51.8 Å². The Bertz CT molecular complexity index is 3530. The van der Waals surface area contributed by atoms with Crippen molar-refractivity contribution in [2.24, 2.45) is 0 Å². The van der Waals surface area contributed by atoms with Crippen LogP contribution in [-0.4, -0.2) is 15.0 Å². The van der Waals surface area contributed by atoms with Gasteiger partial charge in [-0.1, -0.05) is 170 Å². The summed E-state index contributed by atoms with van der Waals surface area (Å²) >= 11 is 1.84. The Morgan fingerprint density at radius 1 is 0.306 bits per heavy atom. The number of fused-ring (bicyclic) bond motifs is 6. The van der Waals surface area contributed by atoms with E-state index in [1.54, 1.807) is 0 Å². The largest absolute Gasteiger partial charge is 0.455 e. The second kappa shape index (κ2) is 14.9. The summed E-state index contributed by atoms with van der Waals surface area (Å²) in [5, 5.41) is 4.78. The fourth-order valence-electron chi connectivity index (χ4n) is 8.69. The summed E-state index contributed by atoms with van der Waals surface area (Å²) in [5.74, 6) is 1.84. The lowest BCUT2D eigenvalue weighted by Crippen LogP contribution is -2.00. The monoisotopic (exact) mass is 809 g/mol. The highest BCUT2D eigenvalue weighted by Crippen LogP contribution is 2.44. The van der Waals surface area contributed by atoms with E-state index in [1.807, 2.05) is 29.5 Å². The number of benzene rings is 9. The molecule has 5 heteroatoms. The third kappa shape index (κ3) is 6.35. The van der Waals surface area contributed by atoms with Gasteiger partial charge >= 0.3 is 0 Å². The minimum Gasteiger partial charge on any atom is -0.455 e. The maximum Gasteiger partial charge on any atom is 0.164 e. The fourth-order valence-corrected chi connectivity index (χ4v) is 9.78. The first kappa shape index (κ1) is 35.9. The highest BCUT2D eigenvalue weighted by atomic mass is 32.1. The summed E-state index contributed by atoms with van der Waals surface area (Å²) in [5.41, 5.74) is 13.4. The van der Waals surface area contributed by atoms with Crippen molar-refractivity contribution in [2.45, 2.75) is 0 Å². The van der Waals surface area contributed by atoms with Gasteiger partial charge < -0.3 is 4.42 Å². The number of nitrogens with zero attached hydrogens (tertiary/aromatic N) is 3. The van der Waals surface area contributed by atoms with E-state index in [2.05, 4.69) is 194 Å². The molecule has 290 valence electrons. The van der Waals surface area contributed by atoms with E-state index in [0.29, 0.717) is 17.5 Å².